The number of carbonyl (C=O) groups excluding carboxylic acids is 3. The molecule has 0 rings (SSSR count). The second-order valence-electron chi connectivity index (χ2n) is 3.01. The number of urea groups is 1. The lowest BCUT2D eigenvalue weighted by Crippen LogP contribution is -2.55. The minimum absolute atomic E-state index is 0.114. The zero-order chi connectivity index (χ0) is 11.3. The van der Waals surface area contributed by atoms with Gasteiger partial charge in [-0.05, 0) is 13.8 Å². The van der Waals surface area contributed by atoms with Crippen LogP contribution in [0.15, 0.2) is 0 Å². The van der Waals surface area contributed by atoms with E-state index in [9.17, 15) is 14.4 Å². The van der Waals surface area contributed by atoms with Crippen molar-refractivity contribution in [2.24, 2.45) is 11.5 Å². The molecule has 0 aromatic rings. The summed E-state index contributed by atoms with van der Waals surface area (Å²) in [6.07, 6.45) is 0. The summed E-state index contributed by atoms with van der Waals surface area (Å²) in [5, 5.41) is 4.47. The first kappa shape index (κ1) is 12.2. The van der Waals surface area contributed by atoms with Crippen LogP contribution < -0.4 is 22.1 Å². The maximum absolute atomic E-state index is 11.0. The van der Waals surface area contributed by atoms with E-state index in [-0.39, 0.29) is 6.04 Å². The van der Waals surface area contributed by atoms with Crippen LogP contribution in [0.25, 0.3) is 0 Å². The molecule has 6 N–H and O–H groups in total. The normalized spacial score (nSPS) is 10.0. The maximum Gasteiger partial charge on any atom is 0.316 e. The van der Waals surface area contributed by atoms with Gasteiger partial charge in [-0.3, -0.25) is 9.59 Å². The first-order valence-corrected chi connectivity index (χ1v) is 4.00. The first-order chi connectivity index (χ1) is 6.34. The van der Waals surface area contributed by atoms with Crippen LogP contribution in [0.5, 0.6) is 0 Å². The Morgan fingerprint density at radius 1 is 1.00 bits per heavy atom. The number of amides is 4. The molecule has 0 unspecified atom stereocenters. The van der Waals surface area contributed by atoms with Gasteiger partial charge in [0.15, 0.2) is 6.04 Å². The topological polar surface area (TPSA) is 127 Å². The van der Waals surface area contributed by atoms with Crippen LogP contribution in [-0.2, 0) is 9.59 Å². The highest BCUT2D eigenvalue weighted by atomic mass is 16.2. The molecule has 4 amide bonds. The summed E-state index contributed by atoms with van der Waals surface area (Å²) in [5.41, 5.74) is 9.67. The highest BCUT2D eigenvalue weighted by Crippen LogP contribution is 1.82. The number of hydrogen-bond acceptors (Lipinski definition) is 3. The molecule has 0 radical (unpaired) electrons. The summed E-state index contributed by atoms with van der Waals surface area (Å²) in [4.78, 5) is 32.3. The van der Waals surface area contributed by atoms with Crippen LogP contribution in [-0.4, -0.2) is 29.9 Å². The standard InChI is InChI=1S/C7H14N4O3/c1-3(2)10-7(14)11-4(5(8)12)6(9)13/h3-4H,1-2H3,(H2,8,12)(H2,9,13)(H2,10,11,14). The minimum atomic E-state index is -1.48. The molecule has 0 aromatic carbocycles. The van der Waals surface area contributed by atoms with Gasteiger partial charge < -0.3 is 22.1 Å². The molecule has 0 spiro atoms. The number of primary amides is 2. The van der Waals surface area contributed by atoms with E-state index >= 15 is 0 Å². The number of rotatable bonds is 4. The van der Waals surface area contributed by atoms with Crippen LogP contribution in [0.3, 0.4) is 0 Å². The van der Waals surface area contributed by atoms with Gasteiger partial charge in [-0.2, -0.15) is 0 Å². The quantitative estimate of drug-likeness (QED) is 0.395. The monoisotopic (exact) mass is 202 g/mol. The largest absolute Gasteiger partial charge is 0.367 e. The minimum Gasteiger partial charge on any atom is -0.367 e. The predicted molar refractivity (Wildman–Crippen MR) is 49.0 cm³/mol. The summed E-state index contributed by atoms with van der Waals surface area (Å²) in [5.74, 6) is -1.98. The Hall–Kier alpha value is -1.79. The highest BCUT2D eigenvalue weighted by molar-refractivity contribution is 6.05. The smallest absolute Gasteiger partial charge is 0.316 e. The van der Waals surface area contributed by atoms with Crippen molar-refractivity contribution in [1.29, 1.82) is 0 Å². The summed E-state index contributed by atoms with van der Waals surface area (Å²) in [6, 6.07) is -2.26. The molecule has 0 saturated carbocycles. The third-order valence-electron chi connectivity index (χ3n) is 1.26. The fourth-order valence-corrected chi connectivity index (χ4v) is 0.717. The molecule has 14 heavy (non-hydrogen) atoms. The van der Waals surface area contributed by atoms with Crippen LogP contribution in [0, 0.1) is 0 Å². The number of hydrogen-bond donors (Lipinski definition) is 4. The van der Waals surface area contributed by atoms with E-state index in [1.165, 1.54) is 0 Å². The van der Waals surface area contributed by atoms with Gasteiger partial charge in [0.25, 0.3) is 0 Å². The van der Waals surface area contributed by atoms with Gasteiger partial charge in [-0.15, -0.1) is 0 Å². The molecule has 0 aliphatic rings. The van der Waals surface area contributed by atoms with Crippen LogP contribution in [0.4, 0.5) is 4.79 Å². The van der Waals surface area contributed by atoms with Gasteiger partial charge >= 0.3 is 6.03 Å². The van der Waals surface area contributed by atoms with Crippen LogP contribution in [0.1, 0.15) is 13.8 Å². The summed E-state index contributed by atoms with van der Waals surface area (Å²) in [7, 11) is 0. The van der Waals surface area contributed by atoms with Crippen molar-refractivity contribution >= 4 is 17.8 Å². The summed E-state index contributed by atoms with van der Waals surface area (Å²) < 4.78 is 0. The molecule has 0 aliphatic carbocycles. The molecule has 7 nitrogen and oxygen atoms in total. The summed E-state index contributed by atoms with van der Waals surface area (Å²) >= 11 is 0. The van der Waals surface area contributed by atoms with Crippen LogP contribution >= 0.6 is 0 Å². The Morgan fingerprint density at radius 2 is 1.43 bits per heavy atom. The third kappa shape index (κ3) is 4.29. The second kappa shape index (κ2) is 5.05. The lowest BCUT2D eigenvalue weighted by atomic mass is 10.3. The SMILES string of the molecule is CC(C)NC(=O)NC(C(N)=O)C(N)=O. The predicted octanol–water partition coefficient (Wildman–Crippen LogP) is -1.97. The Morgan fingerprint density at radius 3 is 1.71 bits per heavy atom. The highest BCUT2D eigenvalue weighted by Gasteiger charge is 2.23. The molecule has 7 heteroatoms. The van der Waals surface area contributed by atoms with E-state index in [4.69, 9.17) is 11.5 Å². The third-order valence-corrected chi connectivity index (χ3v) is 1.26. The number of carbonyl (C=O) groups is 3. The van der Waals surface area contributed by atoms with Gasteiger partial charge in [0.2, 0.25) is 11.8 Å². The number of nitrogens with two attached hydrogens (primary N) is 2. The van der Waals surface area contributed by atoms with E-state index in [0.29, 0.717) is 0 Å². The van der Waals surface area contributed by atoms with E-state index < -0.39 is 23.9 Å². The van der Waals surface area contributed by atoms with Gasteiger partial charge in [-0.25, -0.2) is 4.79 Å². The molecule has 0 heterocycles. The van der Waals surface area contributed by atoms with Crippen molar-refractivity contribution in [2.45, 2.75) is 25.9 Å². The average molecular weight is 202 g/mol. The van der Waals surface area contributed by atoms with E-state index in [1.807, 2.05) is 5.32 Å². The second-order valence-corrected chi connectivity index (χ2v) is 3.01. The van der Waals surface area contributed by atoms with E-state index in [2.05, 4.69) is 5.32 Å². The molecular formula is C7H14N4O3. The molecule has 80 valence electrons. The van der Waals surface area contributed by atoms with Crippen molar-refractivity contribution in [3.63, 3.8) is 0 Å². The Labute approximate surface area is 81.2 Å². The fraction of sp³-hybridized carbons (Fsp3) is 0.571. The van der Waals surface area contributed by atoms with Crippen LogP contribution in [0.2, 0.25) is 0 Å². The fourth-order valence-electron chi connectivity index (χ4n) is 0.717. The van der Waals surface area contributed by atoms with Gasteiger partial charge in [0.05, 0.1) is 0 Å². The molecule has 0 saturated heterocycles. The Balaban J connectivity index is 4.24. The van der Waals surface area contributed by atoms with E-state index in [1.54, 1.807) is 13.8 Å². The lowest BCUT2D eigenvalue weighted by Gasteiger charge is -2.14. The molecule has 0 fully saturated rings. The summed E-state index contributed by atoms with van der Waals surface area (Å²) in [6.45, 7) is 3.45. The van der Waals surface area contributed by atoms with Crippen molar-refractivity contribution in [1.82, 2.24) is 10.6 Å². The van der Waals surface area contributed by atoms with Gasteiger partial charge in [0, 0.05) is 6.04 Å². The zero-order valence-electron chi connectivity index (χ0n) is 8.03. The molecular weight excluding hydrogens is 188 g/mol. The Kier molecular flexibility index (Phi) is 4.41. The van der Waals surface area contributed by atoms with Crippen molar-refractivity contribution in [2.75, 3.05) is 0 Å². The van der Waals surface area contributed by atoms with Crippen molar-refractivity contribution < 1.29 is 14.4 Å². The van der Waals surface area contributed by atoms with Gasteiger partial charge in [-0.1, -0.05) is 0 Å². The van der Waals surface area contributed by atoms with Crippen molar-refractivity contribution in [3.05, 3.63) is 0 Å². The zero-order valence-corrected chi connectivity index (χ0v) is 8.03. The first-order valence-electron chi connectivity index (χ1n) is 4.00. The van der Waals surface area contributed by atoms with Crippen molar-refractivity contribution in [3.8, 4) is 0 Å². The lowest BCUT2D eigenvalue weighted by molar-refractivity contribution is -0.128. The molecule has 0 aliphatic heterocycles. The molecule has 0 aromatic heterocycles. The van der Waals surface area contributed by atoms with Gasteiger partial charge in [0.1, 0.15) is 0 Å². The van der Waals surface area contributed by atoms with E-state index in [0.717, 1.165) is 0 Å². The molecule has 0 atom stereocenters. The molecule has 0 bridgehead atoms. The number of nitrogens with one attached hydrogen (secondary N) is 2. The average Bonchev–Trinajstić information content (AvgIpc) is 1.97. The Bertz CT molecular complexity index is 237. The maximum atomic E-state index is 11.0.